The molecule has 3 nitrogen and oxygen atoms in total. The van der Waals surface area contributed by atoms with E-state index in [1.807, 2.05) is 83.8 Å². The predicted molar refractivity (Wildman–Crippen MR) is 116 cm³/mol. The van der Waals surface area contributed by atoms with Gasteiger partial charge in [0.05, 0.1) is 12.1 Å². The summed E-state index contributed by atoms with van der Waals surface area (Å²) in [6.45, 7) is 2.12. The Balaban J connectivity index is 1.85. The molecule has 4 rings (SSSR count). The zero-order valence-electron chi connectivity index (χ0n) is 16.7. The van der Waals surface area contributed by atoms with Crippen LogP contribution in [0.15, 0.2) is 91.0 Å². The number of para-hydroxylation sites is 1. The number of benzene rings is 3. The van der Waals surface area contributed by atoms with Gasteiger partial charge in [-0.3, -0.25) is 4.79 Å². The number of anilines is 1. The normalized spacial score (nSPS) is 22.2. The van der Waals surface area contributed by atoms with Gasteiger partial charge in [0.25, 0.3) is 0 Å². The highest BCUT2D eigenvalue weighted by molar-refractivity contribution is 6.06. The number of nitrogens with zero attached hydrogens (tertiary/aromatic N) is 1. The topological polar surface area (TPSA) is 40.5 Å². The second kappa shape index (κ2) is 8.22. The minimum absolute atomic E-state index is 0.00218. The lowest BCUT2D eigenvalue weighted by Gasteiger charge is -2.58. The summed E-state index contributed by atoms with van der Waals surface area (Å²) in [6, 6.07) is 29.3. The quantitative estimate of drug-likeness (QED) is 0.531. The summed E-state index contributed by atoms with van der Waals surface area (Å²) < 4.78 is 0. The van der Waals surface area contributed by atoms with Gasteiger partial charge in [-0.25, -0.2) is 0 Å². The minimum atomic E-state index is -0.867. The number of hydrogen-bond donors (Lipinski definition) is 1. The van der Waals surface area contributed by atoms with Crippen LogP contribution in [0.25, 0.3) is 0 Å². The molecule has 0 saturated carbocycles. The Bertz CT molecular complexity index is 942. The van der Waals surface area contributed by atoms with Gasteiger partial charge in [0.2, 0.25) is 5.91 Å². The van der Waals surface area contributed by atoms with E-state index in [0.29, 0.717) is 6.42 Å². The molecule has 0 bridgehead atoms. The molecule has 1 aliphatic heterocycles. The van der Waals surface area contributed by atoms with E-state index in [4.69, 9.17) is 0 Å². The van der Waals surface area contributed by atoms with Gasteiger partial charge in [-0.2, -0.15) is 0 Å². The fourth-order valence-corrected chi connectivity index (χ4v) is 4.61. The van der Waals surface area contributed by atoms with Crippen LogP contribution in [0.1, 0.15) is 49.5 Å². The van der Waals surface area contributed by atoms with Crippen LogP contribution in [0.2, 0.25) is 0 Å². The molecule has 29 heavy (non-hydrogen) atoms. The Morgan fingerprint density at radius 2 is 1.45 bits per heavy atom. The van der Waals surface area contributed by atoms with E-state index >= 15 is 0 Å². The van der Waals surface area contributed by atoms with Crippen LogP contribution in [0.4, 0.5) is 5.69 Å². The number of aliphatic hydroxyl groups is 1. The van der Waals surface area contributed by atoms with E-state index in [2.05, 4.69) is 19.1 Å². The lowest BCUT2D eigenvalue weighted by Crippen LogP contribution is -2.66. The number of rotatable bonds is 7. The average molecular weight is 386 g/mol. The van der Waals surface area contributed by atoms with Crippen LogP contribution in [0, 0.1) is 5.41 Å². The zero-order valence-corrected chi connectivity index (χ0v) is 16.7. The first-order valence-corrected chi connectivity index (χ1v) is 10.4. The van der Waals surface area contributed by atoms with E-state index in [1.54, 1.807) is 0 Å². The van der Waals surface area contributed by atoms with Gasteiger partial charge < -0.3 is 10.0 Å². The molecule has 0 radical (unpaired) electrons. The number of β-lactam (4-membered cyclic amide) rings is 1. The maximum atomic E-state index is 13.8. The van der Waals surface area contributed by atoms with Crippen LogP contribution in [-0.2, 0) is 4.79 Å². The maximum Gasteiger partial charge on any atom is 0.239 e. The first kappa shape index (κ1) is 19.4. The number of unbranched alkanes of at least 4 members (excludes halogenated alkanes) is 1. The second-order valence-corrected chi connectivity index (χ2v) is 7.78. The van der Waals surface area contributed by atoms with Crippen LogP contribution >= 0.6 is 0 Å². The van der Waals surface area contributed by atoms with Crippen molar-refractivity contribution in [1.29, 1.82) is 0 Å². The number of aliphatic hydroxyl groups excluding tert-OH is 1. The first-order valence-electron chi connectivity index (χ1n) is 10.4. The molecular weight excluding hydrogens is 358 g/mol. The van der Waals surface area contributed by atoms with Crippen molar-refractivity contribution in [1.82, 2.24) is 0 Å². The van der Waals surface area contributed by atoms with Crippen LogP contribution < -0.4 is 4.90 Å². The van der Waals surface area contributed by atoms with Crippen molar-refractivity contribution >= 4 is 11.6 Å². The summed E-state index contributed by atoms with van der Waals surface area (Å²) in [4.78, 5) is 15.6. The molecule has 0 aromatic heterocycles. The van der Waals surface area contributed by atoms with Crippen LogP contribution in [0.3, 0.4) is 0 Å². The Morgan fingerprint density at radius 3 is 2.03 bits per heavy atom. The van der Waals surface area contributed by atoms with Crippen molar-refractivity contribution in [2.75, 3.05) is 4.90 Å². The summed E-state index contributed by atoms with van der Waals surface area (Å²) in [6.07, 6.45) is 1.67. The van der Waals surface area contributed by atoms with Gasteiger partial charge in [-0.05, 0) is 29.7 Å². The van der Waals surface area contributed by atoms with E-state index < -0.39 is 11.5 Å². The Morgan fingerprint density at radius 1 is 0.897 bits per heavy atom. The molecule has 3 unspecified atom stereocenters. The molecule has 1 fully saturated rings. The molecule has 1 heterocycles. The van der Waals surface area contributed by atoms with E-state index in [0.717, 1.165) is 29.7 Å². The van der Waals surface area contributed by atoms with Crippen LogP contribution in [0.5, 0.6) is 0 Å². The molecule has 148 valence electrons. The summed E-state index contributed by atoms with van der Waals surface area (Å²) in [7, 11) is 0. The highest BCUT2D eigenvalue weighted by Crippen LogP contribution is 2.60. The molecule has 1 amide bonds. The fraction of sp³-hybridized carbons (Fsp3) is 0.269. The van der Waals surface area contributed by atoms with Crippen molar-refractivity contribution in [2.45, 2.75) is 38.3 Å². The van der Waals surface area contributed by atoms with E-state index in [9.17, 15) is 9.90 Å². The summed E-state index contributed by atoms with van der Waals surface area (Å²) >= 11 is 0. The highest BCUT2D eigenvalue weighted by atomic mass is 16.3. The third-order valence-electron chi connectivity index (χ3n) is 6.06. The fourth-order valence-electron chi connectivity index (χ4n) is 4.61. The largest absolute Gasteiger partial charge is 0.387 e. The van der Waals surface area contributed by atoms with Gasteiger partial charge in [-0.1, -0.05) is 98.6 Å². The molecule has 1 aliphatic rings. The lowest BCUT2D eigenvalue weighted by atomic mass is 9.60. The van der Waals surface area contributed by atoms with Crippen molar-refractivity contribution in [3.63, 3.8) is 0 Å². The number of amides is 1. The summed E-state index contributed by atoms with van der Waals surface area (Å²) in [5.41, 5.74) is 1.86. The lowest BCUT2D eigenvalue weighted by molar-refractivity contribution is -0.154. The van der Waals surface area contributed by atoms with Gasteiger partial charge in [0.15, 0.2) is 0 Å². The molecule has 3 aromatic carbocycles. The maximum absolute atomic E-state index is 13.8. The van der Waals surface area contributed by atoms with Crippen molar-refractivity contribution in [2.24, 2.45) is 5.41 Å². The highest BCUT2D eigenvalue weighted by Gasteiger charge is 2.64. The Hall–Kier alpha value is -2.91. The number of carbonyl (C=O) groups is 1. The van der Waals surface area contributed by atoms with Gasteiger partial charge >= 0.3 is 0 Å². The van der Waals surface area contributed by atoms with Crippen molar-refractivity contribution in [3.05, 3.63) is 102 Å². The summed E-state index contributed by atoms with van der Waals surface area (Å²) in [5, 5.41) is 11.5. The monoisotopic (exact) mass is 385 g/mol. The van der Waals surface area contributed by atoms with Crippen molar-refractivity contribution in [3.8, 4) is 0 Å². The SMILES string of the molecule is CCCCC1(C(O)c2ccccc2)C(=O)N(c2ccccc2)C1c1ccccc1. The Kier molecular flexibility index (Phi) is 5.50. The predicted octanol–water partition coefficient (Wildman–Crippen LogP) is 5.68. The van der Waals surface area contributed by atoms with E-state index in [1.165, 1.54) is 0 Å². The average Bonchev–Trinajstić information content (AvgIpc) is 2.79. The molecule has 3 heteroatoms. The zero-order chi connectivity index (χ0) is 20.3. The third kappa shape index (κ3) is 3.26. The first-order chi connectivity index (χ1) is 14.2. The van der Waals surface area contributed by atoms with Gasteiger partial charge in [-0.15, -0.1) is 0 Å². The van der Waals surface area contributed by atoms with Crippen molar-refractivity contribution < 1.29 is 9.90 Å². The molecular formula is C26H27NO2. The minimum Gasteiger partial charge on any atom is -0.387 e. The van der Waals surface area contributed by atoms with Crippen LogP contribution in [-0.4, -0.2) is 11.0 Å². The molecule has 0 spiro atoms. The standard InChI is InChI=1S/C26H27NO2/c1-2-3-19-26(24(28)21-15-9-5-10-16-21)23(20-13-7-4-8-14-20)27(25(26)29)22-17-11-6-12-18-22/h4-18,23-24,28H,2-3,19H2,1H3. The summed E-state index contributed by atoms with van der Waals surface area (Å²) in [5.74, 6) is 0.00218. The molecule has 3 atom stereocenters. The number of hydrogen-bond acceptors (Lipinski definition) is 2. The Labute approximate surface area is 172 Å². The molecule has 0 aliphatic carbocycles. The second-order valence-electron chi connectivity index (χ2n) is 7.78. The molecule has 3 aromatic rings. The molecule has 1 saturated heterocycles. The number of carbonyl (C=O) groups excluding carboxylic acids is 1. The smallest absolute Gasteiger partial charge is 0.239 e. The van der Waals surface area contributed by atoms with Gasteiger partial charge in [0, 0.05) is 5.69 Å². The van der Waals surface area contributed by atoms with Gasteiger partial charge in [0.1, 0.15) is 5.41 Å². The van der Waals surface area contributed by atoms with E-state index in [-0.39, 0.29) is 11.9 Å². The third-order valence-corrected chi connectivity index (χ3v) is 6.06. The molecule has 1 N–H and O–H groups in total.